The van der Waals surface area contributed by atoms with Crippen molar-refractivity contribution < 1.29 is 19.1 Å². The third kappa shape index (κ3) is 3.93. The molecule has 7 heteroatoms. The van der Waals surface area contributed by atoms with Crippen molar-refractivity contribution in [3.05, 3.63) is 80.8 Å². The number of fused-ring (bicyclic) bond motifs is 2. The minimum Gasteiger partial charge on any atom is -0.463 e. The molecule has 3 aromatic rings. The van der Waals surface area contributed by atoms with Crippen LogP contribution in [0.1, 0.15) is 39.2 Å². The number of allylic oxidation sites excluding steroid dienone is 2. The summed E-state index contributed by atoms with van der Waals surface area (Å²) < 4.78 is 12.3. The van der Waals surface area contributed by atoms with Gasteiger partial charge in [0.25, 0.3) is 0 Å². The maximum absolute atomic E-state index is 13.3. The number of carbonyl (C=O) groups is 2. The summed E-state index contributed by atoms with van der Waals surface area (Å²) in [6.45, 7) is 7.45. The maximum Gasteiger partial charge on any atom is 0.336 e. The second-order valence-corrected chi connectivity index (χ2v) is 8.78. The van der Waals surface area contributed by atoms with Crippen LogP contribution in [-0.2, 0) is 19.1 Å². The molecule has 0 fully saturated rings. The zero-order valence-electron chi connectivity index (χ0n) is 19.0. The zero-order valence-corrected chi connectivity index (χ0v) is 19.8. The number of hydrogen-bond donors (Lipinski definition) is 1. The number of dihydropyridines is 1. The molecule has 0 bridgehead atoms. The van der Waals surface area contributed by atoms with Crippen LogP contribution in [0.2, 0.25) is 0 Å². The summed E-state index contributed by atoms with van der Waals surface area (Å²) in [5, 5.41) is 4.34. The number of benzene rings is 2. The van der Waals surface area contributed by atoms with Gasteiger partial charge in [-0.15, -0.1) is 11.3 Å². The molecule has 1 aromatic heterocycles. The van der Waals surface area contributed by atoms with Gasteiger partial charge >= 0.3 is 11.9 Å². The highest BCUT2D eigenvalue weighted by atomic mass is 32.1. The molecule has 4 rings (SSSR count). The summed E-state index contributed by atoms with van der Waals surface area (Å²) in [5.74, 6) is -1.75. The highest BCUT2D eigenvalue weighted by Crippen LogP contribution is 2.43. The first kappa shape index (κ1) is 22.7. The lowest BCUT2D eigenvalue weighted by atomic mass is 9.80. The van der Waals surface area contributed by atoms with Crippen molar-refractivity contribution in [1.29, 1.82) is 0 Å². The Bertz CT molecular complexity index is 1360. The van der Waals surface area contributed by atoms with E-state index < -0.39 is 17.9 Å². The molecule has 0 amide bonds. The van der Waals surface area contributed by atoms with Crippen molar-refractivity contribution in [2.45, 2.75) is 33.6 Å². The van der Waals surface area contributed by atoms with Crippen molar-refractivity contribution >= 4 is 43.4 Å². The van der Waals surface area contributed by atoms with Gasteiger partial charge in [0.05, 0.1) is 30.3 Å². The molecule has 33 heavy (non-hydrogen) atoms. The first-order chi connectivity index (χ1) is 15.9. The van der Waals surface area contributed by atoms with E-state index in [-0.39, 0.29) is 18.6 Å². The lowest BCUT2D eigenvalue weighted by molar-refractivity contribution is -0.139. The Kier molecular flexibility index (Phi) is 6.33. The van der Waals surface area contributed by atoms with E-state index in [2.05, 4.69) is 5.32 Å². The van der Waals surface area contributed by atoms with E-state index in [0.29, 0.717) is 38.9 Å². The van der Waals surface area contributed by atoms with Crippen LogP contribution < -0.4 is 10.7 Å². The standard InChI is InChI=1S/C26H25NO5S/c1-5-31-25(29)20-14(3)27-15(4)21(26(30)32-6-2)22(20)17-11-9-12-18-23(28)16-10-7-8-13-19(16)33-24(17)18/h7-13,22,27H,5-6H2,1-4H3. The van der Waals surface area contributed by atoms with Crippen molar-refractivity contribution in [2.24, 2.45) is 0 Å². The lowest BCUT2D eigenvalue weighted by Crippen LogP contribution is -2.32. The molecular weight excluding hydrogens is 438 g/mol. The third-order valence-electron chi connectivity index (χ3n) is 5.70. The number of rotatable bonds is 5. The maximum atomic E-state index is 13.3. The number of ether oxygens (including phenoxy) is 2. The topological polar surface area (TPSA) is 81.7 Å². The molecule has 170 valence electrons. The van der Waals surface area contributed by atoms with E-state index in [4.69, 9.17) is 9.47 Å². The van der Waals surface area contributed by atoms with Crippen LogP contribution in [0, 0.1) is 0 Å². The largest absolute Gasteiger partial charge is 0.463 e. The SMILES string of the molecule is CCOC(=O)C1=C(C)NC(C)=C(C(=O)OCC)C1c1cccc2c(=O)c3ccccc3sc12. The molecular formula is C26H25NO5S. The second-order valence-electron chi connectivity index (χ2n) is 7.73. The van der Waals surface area contributed by atoms with Gasteiger partial charge in [-0.3, -0.25) is 4.79 Å². The van der Waals surface area contributed by atoms with Gasteiger partial charge in [-0.25, -0.2) is 9.59 Å². The fourth-order valence-corrected chi connectivity index (χ4v) is 5.55. The van der Waals surface area contributed by atoms with Crippen LogP contribution in [0.15, 0.2) is 69.8 Å². The van der Waals surface area contributed by atoms with Crippen LogP contribution in [0.3, 0.4) is 0 Å². The first-order valence-electron chi connectivity index (χ1n) is 10.9. The third-order valence-corrected chi connectivity index (χ3v) is 6.93. The summed E-state index contributed by atoms with van der Waals surface area (Å²) >= 11 is 1.47. The molecule has 2 heterocycles. The number of esters is 2. The van der Waals surface area contributed by atoms with Crippen LogP contribution in [0.4, 0.5) is 0 Å². The average Bonchev–Trinajstić information content (AvgIpc) is 2.78. The van der Waals surface area contributed by atoms with E-state index in [1.54, 1.807) is 39.8 Å². The molecule has 0 unspecified atom stereocenters. The Morgan fingerprint density at radius 1 is 0.879 bits per heavy atom. The van der Waals surface area contributed by atoms with Gasteiger partial charge in [-0.1, -0.05) is 24.3 Å². The fraction of sp³-hybridized carbons (Fsp3) is 0.269. The van der Waals surface area contributed by atoms with E-state index >= 15 is 0 Å². The Morgan fingerprint density at radius 3 is 2.06 bits per heavy atom. The zero-order chi connectivity index (χ0) is 23.7. The van der Waals surface area contributed by atoms with Gasteiger partial charge in [0.15, 0.2) is 5.43 Å². The van der Waals surface area contributed by atoms with Gasteiger partial charge in [-0.2, -0.15) is 0 Å². The molecule has 0 atom stereocenters. The molecule has 0 saturated carbocycles. The first-order valence-corrected chi connectivity index (χ1v) is 11.7. The molecule has 0 spiro atoms. The van der Waals surface area contributed by atoms with Gasteiger partial charge in [0.1, 0.15) is 0 Å². The smallest absolute Gasteiger partial charge is 0.336 e. The van der Waals surface area contributed by atoms with Crippen LogP contribution in [0.5, 0.6) is 0 Å². The lowest BCUT2D eigenvalue weighted by Gasteiger charge is -2.31. The Hall–Kier alpha value is -3.45. The molecule has 0 radical (unpaired) electrons. The fourth-order valence-electron chi connectivity index (χ4n) is 4.34. The van der Waals surface area contributed by atoms with Crippen LogP contribution >= 0.6 is 11.3 Å². The number of nitrogens with one attached hydrogen (secondary N) is 1. The van der Waals surface area contributed by atoms with Gasteiger partial charge in [0.2, 0.25) is 0 Å². The van der Waals surface area contributed by atoms with E-state index in [1.807, 2.05) is 30.3 Å². The summed E-state index contributed by atoms with van der Waals surface area (Å²) in [4.78, 5) is 39.4. The normalized spacial score (nSPS) is 14.5. The van der Waals surface area contributed by atoms with Crippen molar-refractivity contribution in [3.8, 4) is 0 Å². The van der Waals surface area contributed by atoms with Gasteiger partial charge < -0.3 is 14.8 Å². The number of carbonyl (C=O) groups excluding carboxylic acids is 2. The summed E-state index contributed by atoms with van der Waals surface area (Å²) in [6.07, 6.45) is 0. The molecule has 1 aliphatic rings. The quantitative estimate of drug-likeness (QED) is 0.433. The highest BCUT2D eigenvalue weighted by Gasteiger charge is 2.39. The Labute approximate surface area is 195 Å². The minimum atomic E-state index is -0.732. The van der Waals surface area contributed by atoms with E-state index in [9.17, 15) is 14.4 Å². The second kappa shape index (κ2) is 9.19. The van der Waals surface area contributed by atoms with E-state index in [1.165, 1.54) is 11.3 Å². The Morgan fingerprint density at radius 2 is 1.45 bits per heavy atom. The van der Waals surface area contributed by atoms with Crippen molar-refractivity contribution in [1.82, 2.24) is 5.32 Å². The minimum absolute atomic E-state index is 0.0769. The van der Waals surface area contributed by atoms with Gasteiger partial charge in [-0.05, 0) is 51.5 Å². The predicted molar refractivity (Wildman–Crippen MR) is 130 cm³/mol. The molecule has 0 saturated heterocycles. The van der Waals surface area contributed by atoms with Crippen LogP contribution in [0.25, 0.3) is 20.2 Å². The van der Waals surface area contributed by atoms with Crippen molar-refractivity contribution in [3.63, 3.8) is 0 Å². The highest BCUT2D eigenvalue weighted by molar-refractivity contribution is 7.24. The predicted octanol–water partition coefficient (Wildman–Crippen LogP) is 4.78. The molecule has 6 nitrogen and oxygen atoms in total. The summed E-state index contributed by atoms with van der Waals surface area (Å²) in [5.41, 5.74) is 2.51. The summed E-state index contributed by atoms with van der Waals surface area (Å²) in [6, 6.07) is 12.9. The monoisotopic (exact) mass is 463 g/mol. The number of hydrogen-bond acceptors (Lipinski definition) is 7. The molecule has 1 N–H and O–H groups in total. The molecule has 2 aromatic carbocycles. The molecule has 1 aliphatic heterocycles. The van der Waals surface area contributed by atoms with E-state index in [0.717, 1.165) is 9.40 Å². The van der Waals surface area contributed by atoms with Crippen LogP contribution in [-0.4, -0.2) is 25.2 Å². The Balaban J connectivity index is 2.06. The van der Waals surface area contributed by atoms with Gasteiger partial charge in [0, 0.05) is 31.6 Å². The summed E-state index contributed by atoms with van der Waals surface area (Å²) in [7, 11) is 0. The molecule has 0 aliphatic carbocycles. The average molecular weight is 464 g/mol. The van der Waals surface area contributed by atoms with Crippen molar-refractivity contribution in [2.75, 3.05) is 13.2 Å².